The summed E-state index contributed by atoms with van der Waals surface area (Å²) in [5, 5.41) is 4.85. The fourth-order valence-corrected chi connectivity index (χ4v) is 4.79. The highest BCUT2D eigenvalue weighted by atomic mass is 32.1. The SMILES string of the molecule is Cc1csc(=O)n1CC(=O)NCC1(c2ccc3c(c2)OCCO3)CCCC1. The Morgan fingerprint density at radius 2 is 1.96 bits per heavy atom. The van der Waals surface area contributed by atoms with Crippen LogP contribution in [-0.4, -0.2) is 30.2 Å². The van der Waals surface area contributed by atoms with Crippen LogP contribution in [0.4, 0.5) is 0 Å². The maximum absolute atomic E-state index is 12.5. The molecular weight excluding hydrogens is 364 g/mol. The van der Waals surface area contributed by atoms with Crippen molar-refractivity contribution in [1.82, 2.24) is 9.88 Å². The Bertz CT molecular complexity index is 896. The molecule has 1 saturated carbocycles. The second-order valence-electron chi connectivity index (χ2n) is 7.35. The van der Waals surface area contributed by atoms with E-state index >= 15 is 0 Å². The van der Waals surface area contributed by atoms with Crippen LogP contribution in [0.5, 0.6) is 11.5 Å². The van der Waals surface area contributed by atoms with Gasteiger partial charge in [0, 0.05) is 23.0 Å². The van der Waals surface area contributed by atoms with Crippen LogP contribution in [0.25, 0.3) is 0 Å². The van der Waals surface area contributed by atoms with Crippen molar-refractivity contribution in [2.45, 2.75) is 44.6 Å². The summed E-state index contributed by atoms with van der Waals surface area (Å²) in [6, 6.07) is 6.14. The van der Waals surface area contributed by atoms with Crippen LogP contribution in [0.1, 0.15) is 36.9 Å². The lowest BCUT2D eigenvalue weighted by atomic mass is 9.78. The number of aryl methyl sites for hydroxylation is 1. The molecule has 1 aromatic carbocycles. The van der Waals surface area contributed by atoms with Crippen LogP contribution in [0.3, 0.4) is 0 Å². The van der Waals surface area contributed by atoms with E-state index in [1.54, 1.807) is 5.38 Å². The van der Waals surface area contributed by atoms with Gasteiger partial charge in [-0.05, 0) is 37.5 Å². The fourth-order valence-electron chi connectivity index (χ4n) is 4.06. The Hall–Kier alpha value is -2.28. The van der Waals surface area contributed by atoms with Crippen LogP contribution in [-0.2, 0) is 16.8 Å². The van der Waals surface area contributed by atoms with Gasteiger partial charge >= 0.3 is 4.87 Å². The minimum Gasteiger partial charge on any atom is -0.486 e. The molecule has 0 atom stereocenters. The lowest BCUT2D eigenvalue weighted by Crippen LogP contribution is -2.41. The van der Waals surface area contributed by atoms with Crippen molar-refractivity contribution in [3.8, 4) is 11.5 Å². The van der Waals surface area contributed by atoms with Gasteiger partial charge in [-0.15, -0.1) is 0 Å². The van der Waals surface area contributed by atoms with Gasteiger partial charge < -0.3 is 14.8 Å². The normalized spacial score (nSPS) is 17.7. The van der Waals surface area contributed by atoms with Gasteiger partial charge in [0.25, 0.3) is 0 Å². The summed E-state index contributed by atoms with van der Waals surface area (Å²) in [5.74, 6) is 1.45. The van der Waals surface area contributed by atoms with E-state index in [4.69, 9.17) is 9.47 Å². The van der Waals surface area contributed by atoms with E-state index in [9.17, 15) is 9.59 Å². The number of hydrogen-bond acceptors (Lipinski definition) is 5. The van der Waals surface area contributed by atoms with Crippen molar-refractivity contribution in [2.75, 3.05) is 19.8 Å². The standard InChI is InChI=1S/C20H24N2O4S/c1-14-12-27-19(24)22(14)11-18(23)21-13-20(6-2-3-7-20)15-4-5-16-17(10-15)26-9-8-25-16/h4-5,10,12H,2-3,6-9,11,13H2,1H3,(H,21,23). The molecule has 27 heavy (non-hydrogen) atoms. The van der Waals surface area contributed by atoms with Crippen LogP contribution >= 0.6 is 11.3 Å². The first-order valence-electron chi connectivity index (χ1n) is 9.39. The van der Waals surface area contributed by atoms with E-state index < -0.39 is 0 Å². The van der Waals surface area contributed by atoms with Gasteiger partial charge in [0.05, 0.1) is 0 Å². The largest absolute Gasteiger partial charge is 0.486 e. The van der Waals surface area contributed by atoms with Crippen LogP contribution in [0.2, 0.25) is 0 Å². The Kier molecular flexibility index (Phi) is 4.95. The number of thiazole rings is 1. The third kappa shape index (κ3) is 3.60. The molecule has 2 aliphatic rings. The van der Waals surface area contributed by atoms with Gasteiger partial charge in [-0.2, -0.15) is 0 Å². The van der Waals surface area contributed by atoms with Gasteiger partial charge in [-0.1, -0.05) is 30.2 Å². The monoisotopic (exact) mass is 388 g/mol. The minimum atomic E-state index is -0.123. The quantitative estimate of drug-likeness (QED) is 0.855. The van der Waals surface area contributed by atoms with Crippen molar-refractivity contribution in [3.63, 3.8) is 0 Å². The highest BCUT2D eigenvalue weighted by molar-refractivity contribution is 7.07. The molecule has 1 aromatic heterocycles. The second kappa shape index (κ2) is 7.38. The number of nitrogens with zero attached hydrogens (tertiary/aromatic N) is 1. The number of hydrogen-bond donors (Lipinski definition) is 1. The molecule has 7 heteroatoms. The third-order valence-electron chi connectivity index (χ3n) is 5.62. The highest BCUT2D eigenvalue weighted by Gasteiger charge is 2.36. The average molecular weight is 388 g/mol. The van der Waals surface area contributed by atoms with Crippen molar-refractivity contribution < 1.29 is 14.3 Å². The van der Waals surface area contributed by atoms with E-state index in [1.807, 2.05) is 13.0 Å². The van der Waals surface area contributed by atoms with Crippen LogP contribution < -0.4 is 19.7 Å². The predicted molar refractivity (Wildman–Crippen MR) is 104 cm³/mol. The predicted octanol–water partition coefficient (Wildman–Crippen LogP) is 2.62. The Morgan fingerprint density at radius 1 is 1.22 bits per heavy atom. The minimum absolute atomic E-state index is 0.0748. The van der Waals surface area contributed by atoms with E-state index in [1.165, 1.54) is 10.1 Å². The maximum atomic E-state index is 12.5. The van der Waals surface area contributed by atoms with Crippen LogP contribution in [0.15, 0.2) is 28.4 Å². The number of benzene rings is 1. The number of ether oxygens (including phenoxy) is 2. The number of nitrogens with one attached hydrogen (secondary N) is 1. The summed E-state index contributed by atoms with van der Waals surface area (Å²) in [4.78, 5) is 24.2. The number of rotatable bonds is 5. The molecule has 4 rings (SSSR count). The van der Waals surface area contributed by atoms with Gasteiger partial charge in [0.1, 0.15) is 19.8 Å². The Morgan fingerprint density at radius 3 is 2.67 bits per heavy atom. The molecule has 1 amide bonds. The Labute approximate surface area is 162 Å². The molecule has 1 N–H and O–H groups in total. The summed E-state index contributed by atoms with van der Waals surface area (Å²) < 4.78 is 12.9. The fraction of sp³-hybridized carbons (Fsp3) is 0.500. The number of carbonyl (C=O) groups excluding carboxylic acids is 1. The number of amides is 1. The first-order valence-corrected chi connectivity index (χ1v) is 10.3. The maximum Gasteiger partial charge on any atom is 0.307 e. The topological polar surface area (TPSA) is 69.6 Å². The molecule has 6 nitrogen and oxygen atoms in total. The molecule has 1 aliphatic heterocycles. The average Bonchev–Trinajstić information content (AvgIpc) is 3.29. The summed E-state index contributed by atoms with van der Waals surface area (Å²) >= 11 is 1.13. The first kappa shape index (κ1) is 18.1. The molecule has 1 fully saturated rings. The molecule has 1 aliphatic carbocycles. The third-order valence-corrected chi connectivity index (χ3v) is 6.50. The summed E-state index contributed by atoms with van der Waals surface area (Å²) in [6.07, 6.45) is 4.36. The molecule has 0 radical (unpaired) electrons. The van der Waals surface area contributed by atoms with E-state index in [0.717, 1.165) is 54.2 Å². The van der Waals surface area contributed by atoms with E-state index in [2.05, 4.69) is 17.4 Å². The molecular formula is C20H24N2O4S. The number of fused-ring (bicyclic) bond motifs is 1. The van der Waals surface area contributed by atoms with E-state index in [0.29, 0.717) is 19.8 Å². The van der Waals surface area contributed by atoms with Gasteiger partial charge in [0.2, 0.25) is 5.91 Å². The zero-order valence-corrected chi connectivity index (χ0v) is 16.3. The van der Waals surface area contributed by atoms with Crippen molar-refractivity contribution in [3.05, 3.63) is 44.5 Å². The molecule has 0 bridgehead atoms. The van der Waals surface area contributed by atoms with Crippen molar-refractivity contribution in [2.24, 2.45) is 0 Å². The molecule has 2 heterocycles. The van der Waals surface area contributed by atoms with E-state index in [-0.39, 0.29) is 22.7 Å². The zero-order valence-electron chi connectivity index (χ0n) is 15.5. The molecule has 0 unspecified atom stereocenters. The first-order chi connectivity index (χ1) is 13.1. The van der Waals surface area contributed by atoms with Gasteiger partial charge in [0.15, 0.2) is 11.5 Å². The van der Waals surface area contributed by atoms with Gasteiger partial charge in [-0.3, -0.25) is 14.2 Å². The lowest BCUT2D eigenvalue weighted by Gasteiger charge is -2.31. The molecule has 0 spiro atoms. The summed E-state index contributed by atoms with van der Waals surface area (Å²) in [6.45, 7) is 3.64. The van der Waals surface area contributed by atoms with Crippen LogP contribution in [0, 0.1) is 6.92 Å². The van der Waals surface area contributed by atoms with Gasteiger partial charge in [-0.25, -0.2) is 0 Å². The number of carbonyl (C=O) groups is 1. The zero-order chi connectivity index (χ0) is 18.9. The van der Waals surface area contributed by atoms with Crippen molar-refractivity contribution in [1.29, 1.82) is 0 Å². The molecule has 2 aromatic rings. The molecule has 0 saturated heterocycles. The number of aromatic nitrogens is 1. The molecule has 144 valence electrons. The Balaban J connectivity index is 1.49. The smallest absolute Gasteiger partial charge is 0.307 e. The summed E-state index contributed by atoms with van der Waals surface area (Å²) in [5.41, 5.74) is 1.93. The lowest BCUT2D eigenvalue weighted by molar-refractivity contribution is -0.122. The summed E-state index contributed by atoms with van der Waals surface area (Å²) in [7, 11) is 0. The second-order valence-corrected chi connectivity index (χ2v) is 8.17. The highest BCUT2D eigenvalue weighted by Crippen LogP contribution is 2.43. The van der Waals surface area contributed by atoms with Crippen molar-refractivity contribution >= 4 is 17.2 Å².